The molecule has 0 bridgehead atoms. The van der Waals surface area contributed by atoms with Gasteiger partial charge in [-0.2, -0.15) is 0 Å². The first kappa shape index (κ1) is 19.1. The zero-order valence-corrected chi connectivity index (χ0v) is 16.3. The second kappa shape index (κ2) is 8.79. The molecule has 3 rings (SSSR count). The molecule has 1 heterocycles. The summed E-state index contributed by atoms with van der Waals surface area (Å²) >= 11 is 0. The number of likely N-dealkylation sites (tertiary alicyclic amines) is 1. The van der Waals surface area contributed by atoms with Crippen molar-refractivity contribution in [3.8, 4) is 11.1 Å². The van der Waals surface area contributed by atoms with Gasteiger partial charge in [0.1, 0.15) is 5.82 Å². The Morgan fingerprint density at radius 1 is 1.12 bits per heavy atom. The van der Waals surface area contributed by atoms with Crippen LogP contribution in [0.1, 0.15) is 43.7 Å². The van der Waals surface area contributed by atoms with Crippen molar-refractivity contribution in [3.63, 3.8) is 0 Å². The van der Waals surface area contributed by atoms with Gasteiger partial charge in [-0.05, 0) is 74.6 Å². The van der Waals surface area contributed by atoms with Crippen LogP contribution in [-0.4, -0.2) is 37.1 Å². The summed E-state index contributed by atoms with van der Waals surface area (Å²) in [6, 6.07) is 14.6. The third-order valence-corrected chi connectivity index (χ3v) is 5.81. The van der Waals surface area contributed by atoms with E-state index in [-0.39, 0.29) is 5.82 Å². The Bertz CT molecular complexity index is 711. The minimum Gasteiger partial charge on any atom is -0.317 e. The highest BCUT2D eigenvalue weighted by atomic mass is 19.1. The topological polar surface area (TPSA) is 15.3 Å². The van der Waals surface area contributed by atoms with Crippen molar-refractivity contribution >= 4 is 0 Å². The van der Waals surface area contributed by atoms with Gasteiger partial charge in [-0.25, -0.2) is 4.39 Å². The van der Waals surface area contributed by atoms with Crippen molar-refractivity contribution in [1.29, 1.82) is 0 Å². The number of hydrogen-bond acceptors (Lipinski definition) is 2. The van der Waals surface area contributed by atoms with Gasteiger partial charge in [-0.1, -0.05) is 43.3 Å². The van der Waals surface area contributed by atoms with Gasteiger partial charge in [0.15, 0.2) is 0 Å². The van der Waals surface area contributed by atoms with Gasteiger partial charge in [-0.15, -0.1) is 0 Å². The van der Waals surface area contributed by atoms with Gasteiger partial charge in [0.2, 0.25) is 0 Å². The van der Waals surface area contributed by atoms with E-state index < -0.39 is 0 Å². The molecule has 3 heteroatoms. The first-order valence-electron chi connectivity index (χ1n) is 9.92. The van der Waals surface area contributed by atoms with Crippen LogP contribution in [0.2, 0.25) is 0 Å². The summed E-state index contributed by atoms with van der Waals surface area (Å²) in [7, 11) is 0. The Hall–Kier alpha value is -1.71. The fourth-order valence-corrected chi connectivity index (χ4v) is 3.94. The molecule has 1 aliphatic heterocycles. The highest BCUT2D eigenvalue weighted by Crippen LogP contribution is 2.35. The predicted molar refractivity (Wildman–Crippen MR) is 108 cm³/mol. The van der Waals surface area contributed by atoms with Crippen molar-refractivity contribution < 1.29 is 4.39 Å². The van der Waals surface area contributed by atoms with Crippen LogP contribution in [0.3, 0.4) is 0 Å². The molecule has 0 aromatic heterocycles. The molecule has 2 aromatic rings. The number of benzene rings is 2. The van der Waals surface area contributed by atoms with E-state index in [4.69, 9.17) is 0 Å². The lowest BCUT2D eigenvalue weighted by Crippen LogP contribution is -2.53. The maximum atomic E-state index is 13.8. The normalized spacial score (nSPS) is 20.2. The third kappa shape index (κ3) is 4.16. The largest absolute Gasteiger partial charge is 0.317 e. The van der Waals surface area contributed by atoms with Crippen molar-refractivity contribution in [3.05, 3.63) is 59.4 Å². The van der Waals surface area contributed by atoms with Crippen LogP contribution in [0, 0.1) is 12.7 Å². The number of nitrogens with one attached hydrogen (secondary N) is 1. The van der Waals surface area contributed by atoms with Crippen LogP contribution >= 0.6 is 0 Å². The summed E-state index contributed by atoms with van der Waals surface area (Å²) in [6.45, 7) is 10.9. The number of nitrogens with zero attached hydrogens (tertiary/aromatic N) is 1. The molecule has 1 N–H and O–H groups in total. The Morgan fingerprint density at radius 3 is 2.58 bits per heavy atom. The van der Waals surface area contributed by atoms with Crippen molar-refractivity contribution in [2.75, 3.05) is 26.2 Å². The van der Waals surface area contributed by atoms with Crippen molar-refractivity contribution in [2.45, 2.75) is 45.6 Å². The van der Waals surface area contributed by atoms with Gasteiger partial charge in [-0.3, -0.25) is 4.90 Å². The molecule has 0 amide bonds. The van der Waals surface area contributed by atoms with E-state index in [1.807, 2.05) is 13.0 Å². The molecular formula is C23H31FN2. The maximum Gasteiger partial charge on any atom is 0.126 e. The summed E-state index contributed by atoms with van der Waals surface area (Å²) in [6.07, 6.45) is 2.52. The van der Waals surface area contributed by atoms with Crippen molar-refractivity contribution in [2.24, 2.45) is 0 Å². The van der Waals surface area contributed by atoms with E-state index in [0.717, 1.165) is 36.3 Å². The van der Waals surface area contributed by atoms with E-state index in [1.165, 1.54) is 31.0 Å². The molecular weight excluding hydrogens is 323 g/mol. The molecule has 26 heavy (non-hydrogen) atoms. The van der Waals surface area contributed by atoms with E-state index in [0.29, 0.717) is 12.0 Å². The lowest BCUT2D eigenvalue weighted by atomic mass is 9.82. The summed E-state index contributed by atoms with van der Waals surface area (Å²) in [4.78, 5) is 2.58. The second-order valence-electron chi connectivity index (χ2n) is 7.44. The SMILES string of the molecule is CCNCCCCN1CC(c2ccc(-c3cccc(F)c3C)cc2)C1C. The monoisotopic (exact) mass is 354 g/mol. The van der Waals surface area contributed by atoms with Crippen LogP contribution in [0.15, 0.2) is 42.5 Å². The molecule has 0 radical (unpaired) electrons. The minimum atomic E-state index is -0.135. The molecule has 140 valence electrons. The third-order valence-electron chi connectivity index (χ3n) is 5.81. The standard InChI is InChI=1S/C23H31FN2/c1-4-25-14-5-6-15-26-16-22(18(26)3)20-12-10-19(11-13-20)21-8-7-9-23(24)17(21)2/h7-13,18,22,25H,4-6,14-16H2,1-3H3. The van der Waals surface area contributed by atoms with E-state index in [1.54, 1.807) is 6.07 Å². The van der Waals surface area contributed by atoms with E-state index >= 15 is 0 Å². The Kier molecular flexibility index (Phi) is 6.44. The van der Waals surface area contributed by atoms with Gasteiger partial charge < -0.3 is 5.32 Å². The molecule has 2 atom stereocenters. The van der Waals surface area contributed by atoms with E-state index in [9.17, 15) is 4.39 Å². The Morgan fingerprint density at radius 2 is 1.88 bits per heavy atom. The molecule has 1 aliphatic rings. The number of halogens is 1. The minimum absolute atomic E-state index is 0.135. The average Bonchev–Trinajstić information content (AvgIpc) is 2.66. The fraction of sp³-hybridized carbons (Fsp3) is 0.478. The maximum absolute atomic E-state index is 13.8. The number of hydrogen-bond donors (Lipinski definition) is 1. The van der Waals surface area contributed by atoms with Crippen LogP contribution < -0.4 is 5.32 Å². The smallest absolute Gasteiger partial charge is 0.126 e. The molecule has 2 aromatic carbocycles. The van der Waals surface area contributed by atoms with Crippen LogP contribution in [0.4, 0.5) is 4.39 Å². The Labute approximate surface area is 157 Å². The molecule has 0 aliphatic carbocycles. The zero-order chi connectivity index (χ0) is 18.5. The van der Waals surface area contributed by atoms with Crippen LogP contribution in [-0.2, 0) is 0 Å². The van der Waals surface area contributed by atoms with Gasteiger partial charge in [0, 0.05) is 18.5 Å². The zero-order valence-electron chi connectivity index (χ0n) is 16.3. The number of rotatable bonds is 8. The lowest BCUT2D eigenvalue weighted by molar-refractivity contribution is 0.0709. The quantitative estimate of drug-likeness (QED) is 0.673. The highest BCUT2D eigenvalue weighted by molar-refractivity contribution is 5.67. The highest BCUT2D eigenvalue weighted by Gasteiger charge is 2.35. The first-order chi connectivity index (χ1) is 12.6. The number of unbranched alkanes of at least 4 members (excludes halogenated alkanes) is 1. The summed E-state index contributed by atoms with van der Waals surface area (Å²) in [5, 5.41) is 3.39. The van der Waals surface area contributed by atoms with Crippen LogP contribution in [0.25, 0.3) is 11.1 Å². The molecule has 0 spiro atoms. The molecule has 1 fully saturated rings. The molecule has 1 saturated heterocycles. The lowest BCUT2D eigenvalue weighted by Gasteiger charge is -2.47. The first-order valence-corrected chi connectivity index (χ1v) is 9.92. The summed E-state index contributed by atoms with van der Waals surface area (Å²) in [5.74, 6) is 0.482. The fourth-order valence-electron chi connectivity index (χ4n) is 3.94. The Balaban J connectivity index is 1.56. The summed E-state index contributed by atoms with van der Waals surface area (Å²) in [5.41, 5.74) is 4.21. The van der Waals surface area contributed by atoms with Crippen LogP contribution in [0.5, 0.6) is 0 Å². The van der Waals surface area contributed by atoms with Gasteiger partial charge in [0.05, 0.1) is 0 Å². The van der Waals surface area contributed by atoms with Crippen molar-refractivity contribution in [1.82, 2.24) is 10.2 Å². The molecule has 0 saturated carbocycles. The summed E-state index contributed by atoms with van der Waals surface area (Å²) < 4.78 is 13.8. The molecule has 2 nitrogen and oxygen atoms in total. The predicted octanol–water partition coefficient (Wildman–Crippen LogP) is 4.98. The van der Waals surface area contributed by atoms with Gasteiger partial charge in [0.25, 0.3) is 0 Å². The van der Waals surface area contributed by atoms with E-state index in [2.05, 4.69) is 48.3 Å². The molecule has 2 unspecified atom stereocenters. The second-order valence-corrected chi connectivity index (χ2v) is 7.44. The average molecular weight is 355 g/mol. The van der Waals surface area contributed by atoms with Gasteiger partial charge >= 0.3 is 0 Å².